The second-order valence-electron chi connectivity index (χ2n) is 6.70. The van der Waals surface area contributed by atoms with E-state index >= 15 is 0 Å². The van der Waals surface area contributed by atoms with Crippen molar-refractivity contribution in [1.82, 2.24) is 4.98 Å². The van der Waals surface area contributed by atoms with Gasteiger partial charge in [0.1, 0.15) is 5.69 Å². The van der Waals surface area contributed by atoms with Gasteiger partial charge in [-0.25, -0.2) is 8.42 Å². The number of allylic oxidation sites excluding steroid dienone is 2. The predicted octanol–water partition coefficient (Wildman–Crippen LogP) is 4.84. The summed E-state index contributed by atoms with van der Waals surface area (Å²) in [6.45, 7) is 2.08. The average Bonchev–Trinajstić information content (AvgIpc) is 2.95. The van der Waals surface area contributed by atoms with E-state index < -0.39 is 21.7 Å². The van der Waals surface area contributed by atoms with Crippen LogP contribution in [0.1, 0.15) is 36.6 Å². The van der Waals surface area contributed by atoms with Gasteiger partial charge in [-0.15, -0.1) is 0 Å². The van der Waals surface area contributed by atoms with E-state index in [1.54, 1.807) is 24.3 Å². The van der Waals surface area contributed by atoms with Crippen LogP contribution in [0, 0.1) is 5.92 Å². The monoisotopic (exact) mass is 381 g/mol. The maximum atomic E-state index is 12.7. The molecule has 0 saturated carbocycles. The summed E-state index contributed by atoms with van der Waals surface area (Å²) in [5.74, 6) is 0.358. The lowest BCUT2D eigenvalue weighted by molar-refractivity contribution is -0.141. The highest BCUT2D eigenvalue weighted by molar-refractivity contribution is 7.90. The van der Waals surface area contributed by atoms with Gasteiger partial charge in [-0.3, -0.25) is 4.98 Å². The molecule has 3 nitrogen and oxygen atoms in total. The van der Waals surface area contributed by atoms with Gasteiger partial charge < -0.3 is 0 Å². The number of hydrogen-bond acceptors (Lipinski definition) is 3. The standard InChI is InChI=1S/C19H18F3NO2S/c1-12-9-16(13-3-6-15(7-4-13)26(2,24)25)17(10-12)14-5-8-18(23-11-14)19(20,21)22/h3-8,11-12H,9-10H2,1-2H3. The molecule has 0 fully saturated rings. The Labute approximate surface area is 150 Å². The molecule has 0 N–H and O–H groups in total. The first-order chi connectivity index (χ1) is 12.1. The Morgan fingerprint density at radius 2 is 1.50 bits per heavy atom. The molecule has 3 rings (SSSR count). The molecule has 1 heterocycles. The van der Waals surface area contributed by atoms with E-state index in [4.69, 9.17) is 0 Å². The molecule has 0 saturated heterocycles. The van der Waals surface area contributed by atoms with Crippen LogP contribution in [0.2, 0.25) is 0 Å². The largest absolute Gasteiger partial charge is 0.433 e. The average molecular weight is 381 g/mol. The van der Waals surface area contributed by atoms with Crippen molar-refractivity contribution in [1.29, 1.82) is 0 Å². The molecule has 26 heavy (non-hydrogen) atoms. The van der Waals surface area contributed by atoms with Crippen molar-refractivity contribution in [3.63, 3.8) is 0 Å². The smallest absolute Gasteiger partial charge is 0.251 e. The minimum atomic E-state index is -4.46. The molecule has 2 aromatic rings. The number of rotatable bonds is 3. The molecule has 0 bridgehead atoms. The van der Waals surface area contributed by atoms with Crippen LogP contribution in [0.5, 0.6) is 0 Å². The Morgan fingerprint density at radius 3 is 1.96 bits per heavy atom. The molecule has 7 heteroatoms. The number of sulfone groups is 1. The molecule has 1 aliphatic carbocycles. The Kier molecular flexibility index (Phi) is 4.69. The lowest BCUT2D eigenvalue weighted by Gasteiger charge is -2.10. The van der Waals surface area contributed by atoms with E-state index in [2.05, 4.69) is 11.9 Å². The van der Waals surface area contributed by atoms with Crippen molar-refractivity contribution >= 4 is 21.0 Å². The predicted molar refractivity (Wildman–Crippen MR) is 94.0 cm³/mol. The van der Waals surface area contributed by atoms with Crippen LogP contribution < -0.4 is 0 Å². The first-order valence-electron chi connectivity index (χ1n) is 8.12. The van der Waals surface area contributed by atoms with Gasteiger partial charge >= 0.3 is 6.18 Å². The first kappa shape index (κ1) is 18.6. The molecule has 1 atom stereocenters. The quantitative estimate of drug-likeness (QED) is 0.764. The molecule has 1 aromatic heterocycles. The summed E-state index contributed by atoms with van der Waals surface area (Å²) in [5, 5.41) is 0. The zero-order valence-corrected chi connectivity index (χ0v) is 15.2. The van der Waals surface area contributed by atoms with Gasteiger partial charge in [-0.05, 0) is 59.2 Å². The van der Waals surface area contributed by atoms with Crippen molar-refractivity contribution in [2.24, 2.45) is 5.92 Å². The number of pyridine rings is 1. The van der Waals surface area contributed by atoms with Crippen LogP contribution in [0.15, 0.2) is 47.5 Å². The highest BCUT2D eigenvalue weighted by Crippen LogP contribution is 2.43. The summed E-state index contributed by atoms with van der Waals surface area (Å²) < 4.78 is 61.3. The molecule has 0 amide bonds. The fourth-order valence-corrected chi connectivity index (χ4v) is 3.87. The molecule has 1 aliphatic rings. The van der Waals surface area contributed by atoms with E-state index in [0.717, 1.165) is 41.9 Å². The van der Waals surface area contributed by atoms with Gasteiger partial charge in [0.15, 0.2) is 9.84 Å². The molecule has 0 aliphatic heterocycles. The van der Waals surface area contributed by atoms with Crippen molar-refractivity contribution in [2.75, 3.05) is 6.26 Å². The molecule has 1 aromatic carbocycles. The fourth-order valence-electron chi connectivity index (χ4n) is 3.24. The molecule has 1 unspecified atom stereocenters. The SMILES string of the molecule is CC1CC(c2ccc(S(C)(=O)=O)cc2)=C(c2ccc(C(F)(F)F)nc2)C1. The number of benzene rings is 1. The Bertz CT molecular complexity index is 944. The lowest BCUT2D eigenvalue weighted by Crippen LogP contribution is -2.07. The summed E-state index contributed by atoms with van der Waals surface area (Å²) in [7, 11) is -3.27. The van der Waals surface area contributed by atoms with E-state index in [1.807, 2.05) is 0 Å². The van der Waals surface area contributed by atoms with Crippen molar-refractivity contribution < 1.29 is 21.6 Å². The van der Waals surface area contributed by atoms with Crippen LogP contribution >= 0.6 is 0 Å². The highest BCUT2D eigenvalue weighted by Gasteiger charge is 2.32. The van der Waals surface area contributed by atoms with Gasteiger partial charge in [-0.1, -0.05) is 25.1 Å². The normalized spacial score (nSPS) is 18.4. The summed E-state index contributed by atoms with van der Waals surface area (Å²) in [6.07, 6.45) is -0.510. The van der Waals surface area contributed by atoms with E-state index in [9.17, 15) is 21.6 Å². The summed E-state index contributed by atoms with van der Waals surface area (Å²) in [4.78, 5) is 3.80. The van der Waals surface area contributed by atoms with E-state index in [-0.39, 0.29) is 4.90 Å². The summed E-state index contributed by atoms with van der Waals surface area (Å²) in [5.41, 5.74) is 2.64. The van der Waals surface area contributed by atoms with E-state index in [1.165, 1.54) is 12.3 Å². The fraction of sp³-hybridized carbons (Fsp3) is 0.316. The zero-order valence-electron chi connectivity index (χ0n) is 14.3. The van der Waals surface area contributed by atoms with Crippen molar-refractivity contribution in [2.45, 2.75) is 30.8 Å². The Balaban J connectivity index is 2.00. The molecule has 138 valence electrons. The van der Waals surface area contributed by atoms with Crippen LogP contribution in [-0.2, 0) is 16.0 Å². The lowest BCUT2D eigenvalue weighted by atomic mass is 9.98. The van der Waals surface area contributed by atoms with Crippen molar-refractivity contribution in [3.05, 3.63) is 59.4 Å². The Hall–Kier alpha value is -2.15. The van der Waals surface area contributed by atoms with Gasteiger partial charge in [0.2, 0.25) is 0 Å². The third-order valence-corrected chi connectivity index (χ3v) is 5.63. The second kappa shape index (κ2) is 6.54. The van der Waals surface area contributed by atoms with Crippen LogP contribution in [0.4, 0.5) is 13.2 Å². The maximum Gasteiger partial charge on any atom is 0.433 e. The molecule has 0 spiro atoms. The summed E-state index contributed by atoms with van der Waals surface area (Å²) in [6, 6.07) is 9.07. The van der Waals surface area contributed by atoms with Gasteiger partial charge in [0.05, 0.1) is 4.90 Å². The minimum absolute atomic E-state index is 0.241. The Morgan fingerprint density at radius 1 is 0.962 bits per heavy atom. The molecular formula is C19H18F3NO2S. The second-order valence-corrected chi connectivity index (χ2v) is 8.71. The molecule has 0 radical (unpaired) electrons. The topological polar surface area (TPSA) is 47.0 Å². The van der Waals surface area contributed by atoms with Gasteiger partial charge in [0, 0.05) is 12.5 Å². The van der Waals surface area contributed by atoms with Gasteiger partial charge in [0.25, 0.3) is 0 Å². The molecular weight excluding hydrogens is 363 g/mol. The van der Waals surface area contributed by atoms with Gasteiger partial charge in [-0.2, -0.15) is 13.2 Å². The number of halogens is 3. The number of hydrogen-bond donors (Lipinski definition) is 0. The van der Waals surface area contributed by atoms with E-state index in [0.29, 0.717) is 11.5 Å². The minimum Gasteiger partial charge on any atom is -0.251 e. The first-order valence-corrected chi connectivity index (χ1v) is 10.0. The van der Waals surface area contributed by atoms with Crippen LogP contribution in [0.3, 0.4) is 0 Å². The van der Waals surface area contributed by atoms with Crippen LogP contribution in [-0.4, -0.2) is 19.7 Å². The third kappa shape index (κ3) is 3.82. The maximum absolute atomic E-state index is 12.7. The number of alkyl halides is 3. The highest BCUT2D eigenvalue weighted by atomic mass is 32.2. The number of nitrogens with zero attached hydrogens (tertiary/aromatic N) is 1. The van der Waals surface area contributed by atoms with Crippen molar-refractivity contribution in [3.8, 4) is 0 Å². The summed E-state index contributed by atoms with van der Waals surface area (Å²) >= 11 is 0. The van der Waals surface area contributed by atoms with Crippen LogP contribution in [0.25, 0.3) is 11.1 Å². The number of aromatic nitrogens is 1. The zero-order chi connectivity index (χ0) is 19.1. The third-order valence-electron chi connectivity index (χ3n) is 4.50.